The molecule has 1 aromatic carbocycles. The predicted molar refractivity (Wildman–Crippen MR) is 102 cm³/mol. The van der Waals surface area contributed by atoms with Gasteiger partial charge in [0, 0.05) is 31.7 Å². The van der Waals surface area contributed by atoms with Gasteiger partial charge in [-0.05, 0) is 34.1 Å². The number of H-pyrrole nitrogens is 1. The average molecular weight is 429 g/mol. The number of nitrogens with one attached hydrogen (secondary N) is 1. The van der Waals surface area contributed by atoms with Gasteiger partial charge in [-0.25, -0.2) is 0 Å². The molecule has 0 bridgehead atoms. The van der Waals surface area contributed by atoms with E-state index in [0.29, 0.717) is 42.3 Å². The molecule has 138 valence electrons. The highest BCUT2D eigenvalue weighted by molar-refractivity contribution is 9.10. The summed E-state index contributed by atoms with van der Waals surface area (Å²) in [5.74, 6) is 0.0148. The molecule has 4 rings (SSSR count). The molecule has 0 unspecified atom stereocenters. The van der Waals surface area contributed by atoms with Crippen molar-refractivity contribution < 1.29 is 14.0 Å². The van der Waals surface area contributed by atoms with Crippen molar-refractivity contribution in [3.8, 4) is 11.3 Å². The van der Waals surface area contributed by atoms with Gasteiger partial charge in [-0.15, -0.1) is 0 Å². The summed E-state index contributed by atoms with van der Waals surface area (Å²) >= 11 is 3.20. The number of nitrogens with zero attached hydrogens (tertiary/aromatic N) is 3. The summed E-state index contributed by atoms with van der Waals surface area (Å²) in [5.41, 5.74) is 2.13. The Morgan fingerprint density at radius 3 is 2.26 bits per heavy atom. The van der Waals surface area contributed by atoms with E-state index in [1.54, 1.807) is 28.0 Å². The van der Waals surface area contributed by atoms with Gasteiger partial charge in [0.15, 0.2) is 10.4 Å². The first kappa shape index (κ1) is 17.5. The number of carbonyl (C=O) groups excluding carboxylic acids is 2. The molecule has 2 aromatic heterocycles. The lowest BCUT2D eigenvalue weighted by Gasteiger charge is -2.34. The highest BCUT2D eigenvalue weighted by Gasteiger charge is 2.27. The fourth-order valence-electron chi connectivity index (χ4n) is 3.06. The fraction of sp³-hybridized carbons (Fsp3) is 0.211. The van der Waals surface area contributed by atoms with Crippen LogP contribution in [0.25, 0.3) is 11.3 Å². The van der Waals surface area contributed by atoms with Crippen LogP contribution in [-0.2, 0) is 0 Å². The third-order valence-corrected chi connectivity index (χ3v) is 4.94. The summed E-state index contributed by atoms with van der Waals surface area (Å²) in [7, 11) is 0. The molecule has 1 saturated heterocycles. The number of amides is 2. The topological polar surface area (TPSA) is 82.4 Å². The number of hydrogen-bond acceptors (Lipinski definition) is 4. The van der Waals surface area contributed by atoms with Crippen LogP contribution >= 0.6 is 15.9 Å². The van der Waals surface area contributed by atoms with Crippen molar-refractivity contribution in [2.45, 2.75) is 0 Å². The van der Waals surface area contributed by atoms with Gasteiger partial charge >= 0.3 is 0 Å². The summed E-state index contributed by atoms with van der Waals surface area (Å²) in [4.78, 5) is 28.6. The first-order chi connectivity index (χ1) is 13.1. The first-order valence-electron chi connectivity index (χ1n) is 8.56. The third kappa shape index (κ3) is 3.66. The number of halogens is 1. The first-order valence-corrected chi connectivity index (χ1v) is 9.36. The Morgan fingerprint density at radius 2 is 1.63 bits per heavy atom. The van der Waals surface area contributed by atoms with Gasteiger partial charge < -0.3 is 14.2 Å². The highest BCUT2D eigenvalue weighted by Crippen LogP contribution is 2.19. The molecule has 3 aromatic rings. The van der Waals surface area contributed by atoms with Gasteiger partial charge in [0.1, 0.15) is 5.69 Å². The maximum Gasteiger partial charge on any atom is 0.289 e. The van der Waals surface area contributed by atoms with Gasteiger partial charge in [0.25, 0.3) is 11.8 Å². The van der Waals surface area contributed by atoms with Crippen molar-refractivity contribution >= 4 is 27.7 Å². The number of benzene rings is 1. The molecule has 1 N–H and O–H groups in total. The molecule has 3 heterocycles. The van der Waals surface area contributed by atoms with Crippen molar-refractivity contribution in [2.24, 2.45) is 0 Å². The van der Waals surface area contributed by atoms with Crippen LogP contribution in [-0.4, -0.2) is 58.0 Å². The monoisotopic (exact) mass is 428 g/mol. The minimum Gasteiger partial charge on any atom is -0.444 e. The maximum absolute atomic E-state index is 12.7. The van der Waals surface area contributed by atoms with Gasteiger partial charge in [-0.1, -0.05) is 30.3 Å². The second kappa shape index (κ2) is 7.40. The zero-order valence-electron chi connectivity index (χ0n) is 14.4. The number of rotatable bonds is 3. The SMILES string of the molecule is O=C(c1cc(-c2ccccc2)n[nH]1)N1CCN(C(=O)c2ccc(Br)o2)CC1. The van der Waals surface area contributed by atoms with Crippen molar-refractivity contribution in [3.63, 3.8) is 0 Å². The number of carbonyl (C=O) groups is 2. The van der Waals surface area contributed by atoms with Crippen LogP contribution in [0.15, 0.2) is 57.6 Å². The Bertz CT molecular complexity index is 958. The lowest BCUT2D eigenvalue weighted by atomic mass is 10.1. The lowest BCUT2D eigenvalue weighted by Crippen LogP contribution is -2.50. The minimum atomic E-state index is -0.166. The number of piperazine rings is 1. The normalized spacial score (nSPS) is 14.4. The van der Waals surface area contributed by atoms with Crippen molar-refractivity contribution in [3.05, 3.63) is 64.7 Å². The van der Waals surface area contributed by atoms with E-state index >= 15 is 0 Å². The van der Waals surface area contributed by atoms with Crippen LogP contribution in [0.5, 0.6) is 0 Å². The third-order valence-electron chi connectivity index (χ3n) is 4.52. The van der Waals surface area contributed by atoms with E-state index in [-0.39, 0.29) is 11.8 Å². The summed E-state index contributed by atoms with van der Waals surface area (Å²) in [6.07, 6.45) is 0. The lowest BCUT2D eigenvalue weighted by molar-refractivity contribution is 0.0514. The van der Waals surface area contributed by atoms with E-state index in [1.165, 1.54) is 0 Å². The zero-order chi connectivity index (χ0) is 18.8. The quantitative estimate of drug-likeness (QED) is 0.694. The molecular weight excluding hydrogens is 412 g/mol. The van der Waals surface area contributed by atoms with E-state index in [1.807, 2.05) is 30.3 Å². The smallest absolute Gasteiger partial charge is 0.289 e. The van der Waals surface area contributed by atoms with Crippen LogP contribution in [0, 0.1) is 0 Å². The van der Waals surface area contributed by atoms with Crippen LogP contribution in [0.2, 0.25) is 0 Å². The van der Waals surface area contributed by atoms with E-state index < -0.39 is 0 Å². The molecule has 1 fully saturated rings. The summed E-state index contributed by atoms with van der Waals surface area (Å²) < 4.78 is 5.84. The zero-order valence-corrected chi connectivity index (χ0v) is 16.0. The Hall–Kier alpha value is -2.87. The summed E-state index contributed by atoms with van der Waals surface area (Å²) in [5, 5.41) is 7.06. The summed E-state index contributed by atoms with van der Waals surface area (Å²) in [6.45, 7) is 1.85. The van der Waals surface area contributed by atoms with E-state index in [0.717, 1.165) is 11.3 Å². The van der Waals surface area contributed by atoms with E-state index in [2.05, 4.69) is 26.1 Å². The van der Waals surface area contributed by atoms with Crippen molar-refractivity contribution in [1.82, 2.24) is 20.0 Å². The van der Waals surface area contributed by atoms with Gasteiger partial charge in [0.2, 0.25) is 0 Å². The van der Waals surface area contributed by atoms with Gasteiger partial charge in [-0.3, -0.25) is 14.7 Å². The molecule has 0 spiro atoms. The van der Waals surface area contributed by atoms with E-state index in [9.17, 15) is 9.59 Å². The molecule has 0 atom stereocenters. The second-order valence-electron chi connectivity index (χ2n) is 6.22. The molecule has 0 aliphatic carbocycles. The molecule has 1 aliphatic heterocycles. The Kier molecular flexibility index (Phi) is 4.81. The van der Waals surface area contributed by atoms with Crippen LogP contribution < -0.4 is 0 Å². The van der Waals surface area contributed by atoms with Crippen LogP contribution in [0.3, 0.4) is 0 Å². The predicted octanol–water partition coefficient (Wildman–Crippen LogP) is 3.03. The fourth-order valence-corrected chi connectivity index (χ4v) is 3.36. The number of aromatic amines is 1. The molecule has 7 nitrogen and oxygen atoms in total. The Labute approximate surface area is 164 Å². The molecule has 2 amide bonds. The number of aromatic nitrogens is 2. The Balaban J connectivity index is 1.39. The highest BCUT2D eigenvalue weighted by atomic mass is 79.9. The standard InChI is InChI=1S/C19H17BrN4O3/c20-17-7-6-16(27-17)19(26)24-10-8-23(9-11-24)18(25)15-12-14(21-22-15)13-4-2-1-3-5-13/h1-7,12H,8-11H2,(H,21,22). The molecular formula is C19H17BrN4O3. The molecule has 0 radical (unpaired) electrons. The largest absolute Gasteiger partial charge is 0.444 e. The number of hydrogen-bond donors (Lipinski definition) is 1. The minimum absolute atomic E-state index is 0.113. The average Bonchev–Trinajstić information content (AvgIpc) is 3.37. The van der Waals surface area contributed by atoms with Crippen molar-refractivity contribution in [1.29, 1.82) is 0 Å². The van der Waals surface area contributed by atoms with Crippen molar-refractivity contribution in [2.75, 3.05) is 26.2 Å². The Morgan fingerprint density at radius 1 is 0.963 bits per heavy atom. The number of furan rings is 1. The summed E-state index contributed by atoms with van der Waals surface area (Å²) in [6, 6.07) is 14.8. The van der Waals surface area contributed by atoms with Crippen LogP contribution in [0.4, 0.5) is 0 Å². The second-order valence-corrected chi connectivity index (χ2v) is 7.00. The van der Waals surface area contributed by atoms with E-state index in [4.69, 9.17) is 4.42 Å². The van der Waals surface area contributed by atoms with Gasteiger partial charge in [0.05, 0.1) is 5.69 Å². The molecule has 1 aliphatic rings. The van der Waals surface area contributed by atoms with Crippen LogP contribution in [0.1, 0.15) is 21.0 Å². The maximum atomic E-state index is 12.7. The molecule has 27 heavy (non-hydrogen) atoms. The molecule has 8 heteroatoms. The van der Waals surface area contributed by atoms with Gasteiger partial charge in [-0.2, -0.15) is 5.10 Å². The molecule has 0 saturated carbocycles.